The van der Waals surface area contributed by atoms with Gasteiger partial charge in [0.1, 0.15) is 11.2 Å². The third-order valence-corrected chi connectivity index (χ3v) is 4.49. The van der Waals surface area contributed by atoms with E-state index < -0.39 is 0 Å². The van der Waals surface area contributed by atoms with Gasteiger partial charge in [-0.25, -0.2) is 9.97 Å². The molecule has 2 N–H and O–H groups in total. The van der Waals surface area contributed by atoms with Crippen molar-refractivity contribution in [2.24, 2.45) is 11.8 Å². The fourth-order valence-corrected chi connectivity index (χ4v) is 3.56. The minimum atomic E-state index is 0.636. The second-order valence-corrected chi connectivity index (χ2v) is 5.36. The SMILES string of the molecule is c1cc2c(ncc3ncn(C4[C@H]5CNC[C@@H]45)c32)[nH]1. The lowest BCUT2D eigenvalue weighted by molar-refractivity contribution is 0.581. The first-order valence-electron chi connectivity index (χ1n) is 6.43. The molecule has 4 heterocycles. The summed E-state index contributed by atoms with van der Waals surface area (Å²) in [4.78, 5) is 12.1. The number of imidazole rings is 1. The van der Waals surface area contributed by atoms with Crippen LogP contribution in [-0.4, -0.2) is 32.6 Å². The molecule has 5 nitrogen and oxygen atoms in total. The summed E-state index contributed by atoms with van der Waals surface area (Å²) in [7, 11) is 0. The van der Waals surface area contributed by atoms with Crippen molar-refractivity contribution in [2.45, 2.75) is 6.04 Å². The molecule has 1 aliphatic heterocycles. The Balaban J connectivity index is 1.79. The van der Waals surface area contributed by atoms with E-state index in [0.29, 0.717) is 6.04 Å². The molecule has 0 bridgehead atoms. The highest BCUT2D eigenvalue weighted by molar-refractivity contribution is 6.01. The number of nitrogens with zero attached hydrogens (tertiary/aromatic N) is 3. The second-order valence-electron chi connectivity index (χ2n) is 5.36. The molecule has 1 unspecified atom stereocenters. The minimum absolute atomic E-state index is 0.636. The molecule has 0 radical (unpaired) electrons. The normalized spacial score (nSPS) is 30.1. The van der Waals surface area contributed by atoms with Gasteiger partial charge in [0.05, 0.1) is 18.0 Å². The van der Waals surface area contributed by atoms with Crippen LogP contribution < -0.4 is 5.32 Å². The summed E-state index contributed by atoms with van der Waals surface area (Å²) in [5.74, 6) is 1.59. The first-order chi connectivity index (χ1) is 8.93. The standard InChI is InChI=1S/C13H13N5/c1-2-15-13-7(1)12-10(5-16-13)17-6-18(12)11-8-3-14-4-9(8)11/h1-2,5-6,8-9,11,14H,3-4H2,(H,15,16)/t8-,9+,11?. The topological polar surface area (TPSA) is 58.5 Å². The van der Waals surface area contributed by atoms with Crippen LogP contribution in [0.25, 0.3) is 22.1 Å². The number of fused-ring (bicyclic) bond motifs is 4. The molecular weight excluding hydrogens is 226 g/mol. The van der Waals surface area contributed by atoms with Crippen LogP contribution >= 0.6 is 0 Å². The van der Waals surface area contributed by atoms with E-state index in [-0.39, 0.29) is 0 Å². The van der Waals surface area contributed by atoms with Gasteiger partial charge >= 0.3 is 0 Å². The number of H-pyrrole nitrogens is 1. The molecule has 0 spiro atoms. The van der Waals surface area contributed by atoms with Crippen molar-refractivity contribution in [2.75, 3.05) is 13.1 Å². The third-order valence-electron chi connectivity index (χ3n) is 4.49. The van der Waals surface area contributed by atoms with Crippen LogP contribution in [0.3, 0.4) is 0 Å². The van der Waals surface area contributed by atoms with Crippen LogP contribution in [0.1, 0.15) is 6.04 Å². The summed E-state index contributed by atoms with van der Waals surface area (Å²) in [6.07, 6.45) is 5.80. The third kappa shape index (κ3) is 0.968. The van der Waals surface area contributed by atoms with Crippen molar-refractivity contribution in [1.82, 2.24) is 24.8 Å². The molecule has 3 aromatic heterocycles. The van der Waals surface area contributed by atoms with Gasteiger partial charge in [-0.05, 0) is 17.9 Å². The molecule has 1 saturated carbocycles. The number of pyridine rings is 1. The Morgan fingerprint density at radius 3 is 3.00 bits per heavy atom. The van der Waals surface area contributed by atoms with Crippen LogP contribution in [0, 0.1) is 11.8 Å². The largest absolute Gasteiger partial charge is 0.346 e. The summed E-state index contributed by atoms with van der Waals surface area (Å²) >= 11 is 0. The van der Waals surface area contributed by atoms with Crippen molar-refractivity contribution < 1.29 is 0 Å². The average Bonchev–Trinajstić information content (AvgIpc) is 2.93. The first kappa shape index (κ1) is 9.10. The maximum absolute atomic E-state index is 4.50. The molecule has 0 aromatic carbocycles. The molecule has 5 heteroatoms. The predicted octanol–water partition coefficient (Wildman–Crippen LogP) is 1.30. The van der Waals surface area contributed by atoms with Crippen LogP contribution in [0.5, 0.6) is 0 Å². The molecule has 2 aliphatic rings. The molecule has 1 aliphatic carbocycles. The van der Waals surface area contributed by atoms with Crippen molar-refractivity contribution >= 4 is 22.1 Å². The fourth-order valence-electron chi connectivity index (χ4n) is 3.56. The minimum Gasteiger partial charge on any atom is -0.346 e. The van der Waals surface area contributed by atoms with E-state index in [1.165, 1.54) is 10.9 Å². The molecule has 1 saturated heterocycles. The Hall–Kier alpha value is -1.88. The van der Waals surface area contributed by atoms with Gasteiger partial charge in [0.25, 0.3) is 0 Å². The number of nitrogens with one attached hydrogen (secondary N) is 2. The molecule has 5 rings (SSSR count). The quantitative estimate of drug-likeness (QED) is 0.673. The van der Waals surface area contributed by atoms with E-state index in [4.69, 9.17) is 0 Å². The van der Waals surface area contributed by atoms with Crippen LogP contribution in [0.2, 0.25) is 0 Å². The van der Waals surface area contributed by atoms with Gasteiger partial charge in [-0.15, -0.1) is 0 Å². The number of aromatic amines is 1. The van der Waals surface area contributed by atoms with Gasteiger partial charge in [0, 0.05) is 30.7 Å². The van der Waals surface area contributed by atoms with Crippen molar-refractivity contribution in [1.29, 1.82) is 0 Å². The number of hydrogen-bond acceptors (Lipinski definition) is 3. The predicted molar refractivity (Wildman–Crippen MR) is 68.3 cm³/mol. The Kier molecular flexibility index (Phi) is 1.48. The van der Waals surface area contributed by atoms with Crippen LogP contribution in [-0.2, 0) is 0 Å². The van der Waals surface area contributed by atoms with E-state index in [0.717, 1.165) is 36.1 Å². The van der Waals surface area contributed by atoms with Gasteiger partial charge in [-0.1, -0.05) is 0 Å². The maximum atomic E-state index is 4.50. The summed E-state index contributed by atoms with van der Waals surface area (Å²) in [5, 5.41) is 4.62. The van der Waals surface area contributed by atoms with E-state index in [2.05, 4.69) is 30.9 Å². The van der Waals surface area contributed by atoms with Gasteiger partial charge < -0.3 is 14.9 Å². The number of hydrogen-bond donors (Lipinski definition) is 2. The summed E-state index contributed by atoms with van der Waals surface area (Å²) in [6.45, 7) is 2.30. The highest BCUT2D eigenvalue weighted by Crippen LogP contribution is 2.53. The maximum Gasteiger partial charge on any atom is 0.139 e. The molecule has 18 heavy (non-hydrogen) atoms. The van der Waals surface area contributed by atoms with Gasteiger partial charge in [0.15, 0.2) is 0 Å². The molecule has 3 aromatic rings. The van der Waals surface area contributed by atoms with Crippen LogP contribution in [0.15, 0.2) is 24.8 Å². The number of aromatic nitrogens is 4. The zero-order valence-corrected chi connectivity index (χ0v) is 9.80. The van der Waals surface area contributed by atoms with E-state index >= 15 is 0 Å². The lowest BCUT2D eigenvalue weighted by Gasteiger charge is -2.07. The first-order valence-corrected chi connectivity index (χ1v) is 6.43. The van der Waals surface area contributed by atoms with Gasteiger partial charge in [0.2, 0.25) is 0 Å². The molecular formula is C13H13N5. The highest BCUT2D eigenvalue weighted by atomic mass is 15.2. The number of piperidine rings is 1. The smallest absolute Gasteiger partial charge is 0.139 e. The van der Waals surface area contributed by atoms with E-state index in [9.17, 15) is 0 Å². The van der Waals surface area contributed by atoms with E-state index in [1.54, 1.807) is 0 Å². The molecule has 3 atom stereocenters. The van der Waals surface area contributed by atoms with Crippen molar-refractivity contribution in [3.63, 3.8) is 0 Å². The van der Waals surface area contributed by atoms with E-state index in [1.807, 2.05) is 18.7 Å². The molecule has 0 amide bonds. The zero-order chi connectivity index (χ0) is 11.7. The Labute approximate surface area is 103 Å². The zero-order valence-electron chi connectivity index (χ0n) is 9.80. The molecule has 90 valence electrons. The highest BCUT2D eigenvalue weighted by Gasteiger charge is 2.54. The Bertz CT molecular complexity index is 745. The average molecular weight is 239 g/mol. The molecule has 2 fully saturated rings. The second kappa shape index (κ2) is 2.92. The lowest BCUT2D eigenvalue weighted by Crippen LogP contribution is -2.16. The van der Waals surface area contributed by atoms with Gasteiger partial charge in [-0.2, -0.15) is 0 Å². The van der Waals surface area contributed by atoms with Crippen molar-refractivity contribution in [3.8, 4) is 0 Å². The van der Waals surface area contributed by atoms with Crippen molar-refractivity contribution in [3.05, 3.63) is 24.8 Å². The summed E-state index contributed by atoms with van der Waals surface area (Å²) in [5.41, 5.74) is 3.19. The fraction of sp³-hybridized carbons (Fsp3) is 0.385. The van der Waals surface area contributed by atoms with Gasteiger partial charge in [-0.3, -0.25) is 0 Å². The monoisotopic (exact) mass is 239 g/mol. The Morgan fingerprint density at radius 1 is 1.22 bits per heavy atom. The summed E-state index contributed by atoms with van der Waals surface area (Å²) in [6, 6.07) is 2.73. The Morgan fingerprint density at radius 2 is 2.11 bits per heavy atom. The lowest BCUT2D eigenvalue weighted by atomic mass is 10.3. The number of rotatable bonds is 1. The van der Waals surface area contributed by atoms with Crippen LogP contribution in [0.4, 0.5) is 0 Å². The summed E-state index contributed by atoms with van der Waals surface area (Å²) < 4.78 is 2.36.